The number of hydrogen-bond acceptors (Lipinski definition) is 8. The number of rotatable bonds is 8. The Balaban J connectivity index is 1.77. The topological polar surface area (TPSA) is 120 Å². The number of aromatic nitrogens is 4. The third kappa shape index (κ3) is 4.26. The average Bonchev–Trinajstić information content (AvgIpc) is 3.37. The van der Waals surface area contributed by atoms with Crippen LogP contribution >= 0.6 is 0 Å². The largest absolute Gasteiger partial charge is 0.448 e. The fraction of sp³-hybridized carbons (Fsp3) is 0.368. The van der Waals surface area contributed by atoms with Gasteiger partial charge in [0.1, 0.15) is 10.6 Å². The van der Waals surface area contributed by atoms with Gasteiger partial charge >= 0.3 is 5.97 Å². The van der Waals surface area contributed by atoms with Gasteiger partial charge in [0.2, 0.25) is 15.8 Å². The van der Waals surface area contributed by atoms with Crippen LogP contribution < -0.4 is 0 Å². The van der Waals surface area contributed by atoms with Gasteiger partial charge in [0, 0.05) is 44.3 Å². The predicted octanol–water partition coefficient (Wildman–Crippen LogP) is 2.42. The molecule has 0 spiro atoms. The molecule has 3 aromatic heterocycles. The maximum atomic E-state index is 12.7. The summed E-state index contributed by atoms with van der Waals surface area (Å²) in [6, 6.07) is 4.83. The van der Waals surface area contributed by atoms with E-state index in [2.05, 4.69) is 15.1 Å². The van der Waals surface area contributed by atoms with Crippen molar-refractivity contribution >= 4 is 16.0 Å². The molecule has 1 unspecified atom stereocenters. The van der Waals surface area contributed by atoms with Crippen molar-refractivity contribution in [3.63, 3.8) is 0 Å². The molecule has 1 atom stereocenters. The molecule has 0 fully saturated rings. The Labute approximate surface area is 174 Å². The van der Waals surface area contributed by atoms with Crippen molar-refractivity contribution in [1.82, 2.24) is 24.0 Å². The molecular weight excluding hydrogens is 410 g/mol. The van der Waals surface area contributed by atoms with Crippen LogP contribution in [0.5, 0.6) is 0 Å². The number of nitrogens with zero attached hydrogens (tertiary/aromatic N) is 5. The summed E-state index contributed by atoms with van der Waals surface area (Å²) >= 11 is 0. The van der Waals surface area contributed by atoms with Gasteiger partial charge in [0.05, 0.1) is 0 Å². The van der Waals surface area contributed by atoms with E-state index in [9.17, 15) is 13.2 Å². The maximum Gasteiger partial charge on any atom is 0.355 e. The van der Waals surface area contributed by atoms with Gasteiger partial charge in [-0.15, -0.1) is 0 Å². The van der Waals surface area contributed by atoms with Gasteiger partial charge in [-0.05, 0) is 25.1 Å². The summed E-state index contributed by atoms with van der Waals surface area (Å²) in [5.74, 6) is -0.257. The Hall–Kier alpha value is -3.05. The van der Waals surface area contributed by atoms with E-state index < -0.39 is 22.1 Å². The number of hydrogen-bond donors (Lipinski definition) is 0. The first-order valence-electron chi connectivity index (χ1n) is 9.39. The molecule has 0 bridgehead atoms. The average molecular weight is 433 g/mol. The SMILES string of the molecule is CCN(CC)S(=O)(=O)c1cc(C(=O)OC(C)c2nc(-c3cccnc3)no2)n(C)c1. The second-order valence-corrected chi connectivity index (χ2v) is 8.44. The van der Waals surface area contributed by atoms with Gasteiger partial charge in [-0.2, -0.15) is 9.29 Å². The highest BCUT2D eigenvalue weighted by atomic mass is 32.2. The van der Waals surface area contributed by atoms with E-state index in [4.69, 9.17) is 9.26 Å². The first kappa shape index (κ1) is 21.7. The van der Waals surface area contributed by atoms with Crippen molar-refractivity contribution in [2.75, 3.05) is 13.1 Å². The van der Waals surface area contributed by atoms with Crippen molar-refractivity contribution in [3.05, 3.63) is 48.4 Å². The third-order valence-electron chi connectivity index (χ3n) is 4.53. The number of pyridine rings is 1. The fourth-order valence-corrected chi connectivity index (χ4v) is 4.40. The molecule has 30 heavy (non-hydrogen) atoms. The third-order valence-corrected chi connectivity index (χ3v) is 6.54. The lowest BCUT2D eigenvalue weighted by molar-refractivity contribution is 0.0254. The van der Waals surface area contributed by atoms with Crippen LogP contribution in [-0.2, 0) is 21.8 Å². The van der Waals surface area contributed by atoms with Gasteiger partial charge in [0.25, 0.3) is 5.89 Å². The normalized spacial score (nSPS) is 12.8. The second-order valence-electron chi connectivity index (χ2n) is 6.51. The lowest BCUT2D eigenvalue weighted by Crippen LogP contribution is -2.30. The standard InChI is InChI=1S/C19H23N5O5S/c1-5-24(6-2)30(26,27)15-10-16(23(4)12-15)19(25)28-13(3)18-21-17(22-29-18)14-8-7-9-20-11-14/h7-13H,5-6H2,1-4H3. The predicted molar refractivity (Wildman–Crippen MR) is 107 cm³/mol. The van der Waals surface area contributed by atoms with E-state index in [1.54, 1.807) is 52.3 Å². The number of ether oxygens (including phenoxy) is 1. The van der Waals surface area contributed by atoms with Crippen molar-refractivity contribution in [3.8, 4) is 11.4 Å². The highest BCUT2D eigenvalue weighted by Crippen LogP contribution is 2.23. The number of carbonyl (C=O) groups is 1. The summed E-state index contributed by atoms with van der Waals surface area (Å²) in [4.78, 5) is 20.9. The van der Waals surface area contributed by atoms with Crippen LogP contribution in [0.25, 0.3) is 11.4 Å². The Kier molecular flexibility index (Phi) is 6.32. The highest BCUT2D eigenvalue weighted by molar-refractivity contribution is 7.89. The molecule has 10 nitrogen and oxygen atoms in total. The van der Waals surface area contributed by atoms with Gasteiger partial charge in [-0.3, -0.25) is 4.98 Å². The van der Waals surface area contributed by atoms with Crippen molar-refractivity contribution in [2.24, 2.45) is 7.05 Å². The molecule has 0 N–H and O–H groups in total. The lowest BCUT2D eigenvalue weighted by Gasteiger charge is -2.17. The Morgan fingerprint density at radius 1 is 1.33 bits per heavy atom. The fourth-order valence-electron chi connectivity index (χ4n) is 2.87. The van der Waals surface area contributed by atoms with Crippen LogP contribution in [0.4, 0.5) is 0 Å². The van der Waals surface area contributed by atoms with E-state index in [0.717, 1.165) is 0 Å². The molecule has 0 saturated heterocycles. The molecule has 0 aromatic carbocycles. The number of esters is 1. The van der Waals surface area contributed by atoms with Gasteiger partial charge < -0.3 is 13.8 Å². The highest BCUT2D eigenvalue weighted by Gasteiger charge is 2.27. The second kappa shape index (κ2) is 8.76. The zero-order valence-corrected chi connectivity index (χ0v) is 18.0. The van der Waals surface area contributed by atoms with Crippen LogP contribution in [0.3, 0.4) is 0 Å². The van der Waals surface area contributed by atoms with Crippen LogP contribution in [0.1, 0.15) is 43.3 Å². The molecule has 0 saturated carbocycles. The first-order valence-corrected chi connectivity index (χ1v) is 10.8. The van der Waals surface area contributed by atoms with E-state index in [1.165, 1.54) is 21.1 Å². The summed E-state index contributed by atoms with van der Waals surface area (Å²) in [5, 5.41) is 3.87. The number of aryl methyl sites for hydroxylation is 1. The molecule has 3 rings (SSSR count). The van der Waals surface area contributed by atoms with Gasteiger partial charge in [-0.25, -0.2) is 13.2 Å². The quantitative estimate of drug-likeness (QED) is 0.497. The zero-order chi connectivity index (χ0) is 21.9. The minimum atomic E-state index is -3.69. The smallest absolute Gasteiger partial charge is 0.355 e. The Bertz CT molecular complexity index is 1120. The summed E-state index contributed by atoms with van der Waals surface area (Å²) in [6.45, 7) is 5.77. The van der Waals surface area contributed by atoms with Crippen LogP contribution in [0, 0.1) is 0 Å². The van der Waals surface area contributed by atoms with E-state index in [1.807, 2.05) is 0 Å². The lowest BCUT2D eigenvalue weighted by atomic mass is 10.3. The summed E-state index contributed by atoms with van der Waals surface area (Å²) in [5.41, 5.74) is 0.763. The monoisotopic (exact) mass is 433 g/mol. The minimum absolute atomic E-state index is 0.0324. The molecule has 11 heteroatoms. The van der Waals surface area contributed by atoms with Crippen molar-refractivity contribution in [2.45, 2.75) is 31.8 Å². The molecule has 160 valence electrons. The zero-order valence-electron chi connectivity index (χ0n) is 17.1. The van der Waals surface area contributed by atoms with Crippen LogP contribution in [0.2, 0.25) is 0 Å². The number of carbonyl (C=O) groups excluding carboxylic acids is 1. The Morgan fingerprint density at radius 2 is 2.07 bits per heavy atom. The molecular formula is C19H23N5O5S. The van der Waals surface area contributed by atoms with Crippen molar-refractivity contribution in [1.29, 1.82) is 0 Å². The van der Waals surface area contributed by atoms with Crippen molar-refractivity contribution < 1.29 is 22.5 Å². The minimum Gasteiger partial charge on any atom is -0.448 e. The summed E-state index contributed by atoms with van der Waals surface area (Å²) < 4.78 is 38.7. The Morgan fingerprint density at radius 3 is 2.70 bits per heavy atom. The molecule has 0 aliphatic carbocycles. The van der Waals surface area contributed by atoms with Gasteiger partial charge in [-0.1, -0.05) is 19.0 Å². The van der Waals surface area contributed by atoms with E-state index >= 15 is 0 Å². The molecule has 3 aromatic rings. The molecule has 0 amide bonds. The molecule has 0 aliphatic heterocycles. The summed E-state index contributed by atoms with van der Waals surface area (Å²) in [6.07, 6.45) is 3.78. The first-order chi connectivity index (χ1) is 14.3. The van der Waals surface area contributed by atoms with Gasteiger partial charge in [0.15, 0.2) is 6.10 Å². The molecule has 0 radical (unpaired) electrons. The molecule has 0 aliphatic rings. The van der Waals surface area contributed by atoms with E-state index in [0.29, 0.717) is 24.5 Å². The van der Waals surface area contributed by atoms with Crippen LogP contribution in [0.15, 0.2) is 46.2 Å². The summed E-state index contributed by atoms with van der Waals surface area (Å²) in [7, 11) is -2.11. The maximum absolute atomic E-state index is 12.7. The molecule has 3 heterocycles. The van der Waals surface area contributed by atoms with E-state index in [-0.39, 0.29) is 16.5 Å². The van der Waals surface area contributed by atoms with Crippen LogP contribution in [-0.4, -0.2) is 51.5 Å². The number of sulfonamides is 1.